The molecule has 0 aromatic heterocycles. The second-order valence-electron chi connectivity index (χ2n) is 3.24. The minimum absolute atomic E-state index is 0.0625. The van der Waals surface area contributed by atoms with E-state index in [-0.39, 0.29) is 11.5 Å². The van der Waals surface area contributed by atoms with E-state index >= 15 is 0 Å². The van der Waals surface area contributed by atoms with E-state index in [0.717, 1.165) is 12.8 Å². The first-order valence-corrected chi connectivity index (χ1v) is 4.05. The van der Waals surface area contributed by atoms with Crippen LogP contribution in [0.5, 0.6) is 0 Å². The lowest BCUT2D eigenvalue weighted by Crippen LogP contribution is -2.15. The van der Waals surface area contributed by atoms with Gasteiger partial charge < -0.3 is 5.11 Å². The topological polar surface area (TPSA) is 20.2 Å². The van der Waals surface area contributed by atoms with Crippen molar-refractivity contribution in [3.63, 3.8) is 0 Å². The Bertz CT molecular complexity index is 126. The van der Waals surface area contributed by atoms with Crippen LogP contribution in [0.1, 0.15) is 19.3 Å². The zero-order valence-corrected chi connectivity index (χ0v) is 6.01. The van der Waals surface area contributed by atoms with E-state index in [1.807, 2.05) is 0 Å². The van der Waals surface area contributed by atoms with Crippen LogP contribution in [0.3, 0.4) is 0 Å². The van der Waals surface area contributed by atoms with E-state index < -0.39 is 0 Å². The zero-order chi connectivity index (χ0) is 6.43. The fraction of sp³-hybridized carbons (Fsp3) is 1.00. The molecule has 0 amide bonds. The molecule has 2 aliphatic carbocycles. The van der Waals surface area contributed by atoms with Gasteiger partial charge in [0.1, 0.15) is 0 Å². The van der Waals surface area contributed by atoms with Gasteiger partial charge in [-0.25, -0.2) is 0 Å². The molecule has 0 saturated heterocycles. The van der Waals surface area contributed by atoms with Crippen LogP contribution >= 0.6 is 11.6 Å². The van der Waals surface area contributed by atoms with E-state index in [4.69, 9.17) is 11.6 Å². The molecule has 0 aliphatic heterocycles. The van der Waals surface area contributed by atoms with Crippen molar-refractivity contribution < 1.29 is 5.11 Å². The maximum absolute atomic E-state index is 9.41. The maximum Gasteiger partial charge on any atom is 0.0611 e. The predicted molar refractivity (Wildman–Crippen MR) is 36.5 cm³/mol. The van der Waals surface area contributed by atoms with Crippen molar-refractivity contribution in [2.75, 3.05) is 0 Å². The van der Waals surface area contributed by atoms with Gasteiger partial charge in [0.15, 0.2) is 0 Å². The van der Waals surface area contributed by atoms with E-state index in [1.165, 1.54) is 6.42 Å². The molecule has 2 aliphatic rings. The van der Waals surface area contributed by atoms with Gasteiger partial charge in [0.2, 0.25) is 0 Å². The SMILES string of the molecule is OC1[C@H]2CC[C@@H]1[C@@H](Cl)C2. The normalized spacial score (nSPS) is 56.7. The summed E-state index contributed by atoms with van der Waals surface area (Å²) in [5.41, 5.74) is 0. The molecular formula is C7H11ClO. The van der Waals surface area contributed by atoms with Gasteiger partial charge >= 0.3 is 0 Å². The van der Waals surface area contributed by atoms with Gasteiger partial charge in [-0.05, 0) is 25.2 Å². The Kier molecular flexibility index (Phi) is 1.24. The van der Waals surface area contributed by atoms with Crippen molar-refractivity contribution >= 4 is 11.6 Å². The highest BCUT2D eigenvalue weighted by atomic mass is 35.5. The molecule has 9 heavy (non-hydrogen) atoms. The minimum atomic E-state index is -0.0625. The van der Waals surface area contributed by atoms with E-state index in [0.29, 0.717) is 11.8 Å². The smallest absolute Gasteiger partial charge is 0.0611 e. The standard InChI is InChI=1S/C7H11ClO/c8-6-3-4-1-2-5(6)7(4)9/h4-7,9H,1-3H2/t4-,5+,6-,7?/m0/s1. The Morgan fingerprint density at radius 3 is 2.33 bits per heavy atom. The highest BCUT2D eigenvalue weighted by molar-refractivity contribution is 6.21. The number of aliphatic hydroxyl groups is 1. The zero-order valence-electron chi connectivity index (χ0n) is 5.26. The van der Waals surface area contributed by atoms with Crippen molar-refractivity contribution in [3.05, 3.63) is 0 Å². The van der Waals surface area contributed by atoms with Crippen LogP contribution in [-0.2, 0) is 0 Å². The number of hydrogen-bond donors (Lipinski definition) is 1. The van der Waals surface area contributed by atoms with Crippen molar-refractivity contribution in [3.8, 4) is 0 Å². The van der Waals surface area contributed by atoms with E-state index in [1.54, 1.807) is 0 Å². The number of alkyl halides is 1. The average Bonchev–Trinajstić information content (AvgIpc) is 2.25. The molecule has 52 valence electrons. The Hall–Kier alpha value is 0.250. The first kappa shape index (κ1) is 5.99. The van der Waals surface area contributed by atoms with Crippen LogP contribution in [0.15, 0.2) is 0 Å². The first-order chi connectivity index (χ1) is 4.29. The monoisotopic (exact) mass is 146 g/mol. The summed E-state index contributed by atoms with van der Waals surface area (Å²) in [6.07, 6.45) is 3.34. The van der Waals surface area contributed by atoms with Gasteiger partial charge in [-0.15, -0.1) is 11.6 Å². The Morgan fingerprint density at radius 1 is 1.33 bits per heavy atom. The Labute approximate surface area is 60.0 Å². The summed E-state index contributed by atoms with van der Waals surface area (Å²) >= 11 is 5.94. The number of aliphatic hydroxyl groups excluding tert-OH is 1. The number of halogens is 1. The summed E-state index contributed by atoms with van der Waals surface area (Å²) in [6, 6.07) is 0. The molecule has 0 spiro atoms. The Balaban J connectivity index is 2.16. The summed E-state index contributed by atoms with van der Waals surface area (Å²) in [7, 11) is 0. The van der Waals surface area contributed by atoms with Crippen LogP contribution in [0.4, 0.5) is 0 Å². The quantitative estimate of drug-likeness (QED) is 0.512. The second kappa shape index (κ2) is 1.86. The molecule has 0 aromatic carbocycles. The molecule has 0 heterocycles. The maximum atomic E-state index is 9.41. The summed E-state index contributed by atoms with van der Waals surface area (Å²) in [5, 5.41) is 9.69. The summed E-state index contributed by atoms with van der Waals surface area (Å²) in [6.45, 7) is 0. The summed E-state index contributed by atoms with van der Waals surface area (Å²) in [5.74, 6) is 0.967. The van der Waals surface area contributed by atoms with Crippen molar-refractivity contribution in [1.82, 2.24) is 0 Å². The van der Waals surface area contributed by atoms with Crippen LogP contribution in [0.2, 0.25) is 0 Å². The van der Waals surface area contributed by atoms with Crippen LogP contribution in [-0.4, -0.2) is 16.6 Å². The Morgan fingerprint density at radius 2 is 2.11 bits per heavy atom. The lowest BCUT2D eigenvalue weighted by Gasteiger charge is -2.12. The minimum Gasteiger partial charge on any atom is -0.392 e. The highest BCUT2D eigenvalue weighted by Gasteiger charge is 2.46. The predicted octanol–water partition coefficient (Wildman–Crippen LogP) is 1.38. The summed E-state index contributed by atoms with van der Waals surface area (Å²) in [4.78, 5) is 0. The van der Waals surface area contributed by atoms with Gasteiger partial charge in [-0.3, -0.25) is 0 Å². The molecule has 2 bridgehead atoms. The molecule has 0 radical (unpaired) electrons. The van der Waals surface area contributed by atoms with E-state index in [2.05, 4.69) is 0 Å². The van der Waals surface area contributed by atoms with Crippen LogP contribution in [0.25, 0.3) is 0 Å². The highest BCUT2D eigenvalue weighted by Crippen LogP contribution is 2.46. The molecular weight excluding hydrogens is 136 g/mol. The number of fused-ring (bicyclic) bond motifs is 2. The van der Waals surface area contributed by atoms with Gasteiger partial charge in [0, 0.05) is 11.3 Å². The lowest BCUT2D eigenvalue weighted by molar-refractivity contribution is 0.129. The molecule has 2 fully saturated rings. The average molecular weight is 147 g/mol. The van der Waals surface area contributed by atoms with Crippen LogP contribution in [0, 0.1) is 11.8 Å². The third-order valence-electron chi connectivity index (χ3n) is 2.78. The fourth-order valence-corrected chi connectivity index (χ4v) is 2.72. The third-order valence-corrected chi connectivity index (χ3v) is 3.29. The van der Waals surface area contributed by atoms with Gasteiger partial charge in [-0.2, -0.15) is 0 Å². The fourth-order valence-electron chi connectivity index (χ4n) is 2.21. The van der Waals surface area contributed by atoms with Crippen LogP contribution < -0.4 is 0 Å². The molecule has 4 atom stereocenters. The van der Waals surface area contributed by atoms with Crippen molar-refractivity contribution in [2.24, 2.45) is 11.8 Å². The molecule has 2 rings (SSSR count). The molecule has 1 nitrogen and oxygen atoms in total. The van der Waals surface area contributed by atoms with E-state index in [9.17, 15) is 5.11 Å². The number of rotatable bonds is 0. The van der Waals surface area contributed by atoms with Gasteiger partial charge in [0.25, 0.3) is 0 Å². The van der Waals surface area contributed by atoms with Gasteiger partial charge in [0.05, 0.1) is 6.10 Å². The molecule has 2 heteroatoms. The molecule has 0 aromatic rings. The lowest BCUT2D eigenvalue weighted by atomic mass is 10.0. The second-order valence-corrected chi connectivity index (χ2v) is 3.80. The molecule has 1 unspecified atom stereocenters. The molecule has 2 saturated carbocycles. The number of hydrogen-bond acceptors (Lipinski definition) is 1. The van der Waals surface area contributed by atoms with Crippen molar-refractivity contribution in [2.45, 2.75) is 30.7 Å². The largest absolute Gasteiger partial charge is 0.392 e. The van der Waals surface area contributed by atoms with Gasteiger partial charge in [-0.1, -0.05) is 0 Å². The third kappa shape index (κ3) is 0.714. The van der Waals surface area contributed by atoms with Crippen molar-refractivity contribution in [1.29, 1.82) is 0 Å². The first-order valence-electron chi connectivity index (χ1n) is 3.61. The summed E-state index contributed by atoms with van der Waals surface area (Å²) < 4.78 is 0. The molecule has 1 N–H and O–H groups in total.